The summed E-state index contributed by atoms with van der Waals surface area (Å²) in [6.07, 6.45) is 3.30. The molecule has 32 heavy (non-hydrogen) atoms. The number of amides is 3. The predicted molar refractivity (Wildman–Crippen MR) is 115 cm³/mol. The van der Waals surface area contributed by atoms with Crippen LogP contribution in [0.25, 0.3) is 22.8 Å². The minimum Gasteiger partial charge on any atom is -0.334 e. The lowest BCUT2D eigenvalue weighted by Crippen LogP contribution is -2.40. The standard InChI is InChI=1S/C22H17N7O3/c1-22(19(30)27-21(31)28-22)15-7-2-5-13(11-15)17-26-18(32-29-17)14-6-3-8-16(12-14)25-20-23-9-4-10-24-20/h2-12H,1H3,(H,23,24,25)(H2,27,28,30,31). The number of hydrogen-bond acceptors (Lipinski definition) is 8. The van der Waals surface area contributed by atoms with E-state index in [1.54, 1.807) is 49.6 Å². The molecule has 0 radical (unpaired) electrons. The molecule has 0 bridgehead atoms. The first-order valence-electron chi connectivity index (χ1n) is 9.74. The molecule has 1 aliphatic heterocycles. The molecule has 3 amide bonds. The van der Waals surface area contributed by atoms with Crippen LogP contribution in [0.15, 0.2) is 71.5 Å². The van der Waals surface area contributed by atoms with Gasteiger partial charge in [0, 0.05) is 29.2 Å². The van der Waals surface area contributed by atoms with Crippen molar-refractivity contribution in [1.29, 1.82) is 0 Å². The molecule has 1 fully saturated rings. The van der Waals surface area contributed by atoms with E-state index in [-0.39, 0.29) is 0 Å². The summed E-state index contributed by atoms with van der Waals surface area (Å²) in [5.41, 5.74) is 1.58. The van der Waals surface area contributed by atoms with E-state index in [9.17, 15) is 9.59 Å². The number of hydrogen-bond donors (Lipinski definition) is 3. The highest BCUT2D eigenvalue weighted by Gasteiger charge is 2.43. The van der Waals surface area contributed by atoms with Gasteiger partial charge in [-0.2, -0.15) is 4.98 Å². The van der Waals surface area contributed by atoms with Crippen LogP contribution in [0.4, 0.5) is 16.4 Å². The van der Waals surface area contributed by atoms with Gasteiger partial charge in [0.15, 0.2) is 0 Å². The van der Waals surface area contributed by atoms with Crippen molar-refractivity contribution in [2.75, 3.05) is 5.32 Å². The van der Waals surface area contributed by atoms with Crippen molar-refractivity contribution in [3.63, 3.8) is 0 Å². The van der Waals surface area contributed by atoms with E-state index >= 15 is 0 Å². The van der Waals surface area contributed by atoms with Crippen molar-refractivity contribution < 1.29 is 14.1 Å². The quantitative estimate of drug-likeness (QED) is 0.414. The third-order valence-corrected chi connectivity index (χ3v) is 5.10. The Morgan fingerprint density at radius 3 is 2.53 bits per heavy atom. The minimum absolute atomic E-state index is 0.334. The highest BCUT2D eigenvalue weighted by molar-refractivity contribution is 6.07. The summed E-state index contributed by atoms with van der Waals surface area (Å²) in [5.74, 6) is 0.755. The molecule has 10 heteroatoms. The predicted octanol–water partition coefficient (Wildman–Crippen LogP) is 2.99. The Labute approximate surface area is 182 Å². The summed E-state index contributed by atoms with van der Waals surface area (Å²) in [7, 11) is 0. The van der Waals surface area contributed by atoms with E-state index < -0.39 is 17.5 Å². The fourth-order valence-electron chi connectivity index (χ4n) is 3.40. The van der Waals surface area contributed by atoms with Crippen molar-refractivity contribution in [3.8, 4) is 22.8 Å². The topological polar surface area (TPSA) is 135 Å². The third-order valence-electron chi connectivity index (χ3n) is 5.10. The SMILES string of the molecule is CC1(c2cccc(-c3noc(-c4cccc(Nc5ncccn5)c4)n3)c2)NC(=O)NC1=O. The van der Waals surface area contributed by atoms with Gasteiger partial charge in [0.05, 0.1) is 0 Å². The summed E-state index contributed by atoms with van der Waals surface area (Å²) in [6, 6.07) is 15.7. The number of anilines is 2. The Hall–Kier alpha value is -4.60. The molecule has 0 aliphatic carbocycles. The van der Waals surface area contributed by atoms with Crippen molar-refractivity contribution in [1.82, 2.24) is 30.7 Å². The molecule has 2 aromatic heterocycles. The molecule has 1 saturated heterocycles. The van der Waals surface area contributed by atoms with E-state index in [0.717, 1.165) is 11.3 Å². The van der Waals surface area contributed by atoms with E-state index in [4.69, 9.17) is 4.52 Å². The number of benzene rings is 2. The van der Waals surface area contributed by atoms with E-state index in [1.807, 2.05) is 24.3 Å². The second-order valence-corrected chi connectivity index (χ2v) is 7.32. The lowest BCUT2D eigenvalue weighted by Gasteiger charge is -2.21. The van der Waals surface area contributed by atoms with E-state index in [1.165, 1.54) is 0 Å². The highest BCUT2D eigenvalue weighted by Crippen LogP contribution is 2.29. The Morgan fingerprint density at radius 2 is 1.75 bits per heavy atom. The van der Waals surface area contributed by atoms with Crippen LogP contribution in [0.3, 0.4) is 0 Å². The van der Waals surface area contributed by atoms with Gasteiger partial charge in [0.2, 0.25) is 11.8 Å². The van der Waals surface area contributed by atoms with Gasteiger partial charge < -0.3 is 15.2 Å². The van der Waals surface area contributed by atoms with Crippen molar-refractivity contribution in [2.24, 2.45) is 0 Å². The number of nitrogens with one attached hydrogen (secondary N) is 3. The Kier molecular flexibility index (Phi) is 4.59. The number of nitrogens with zero attached hydrogens (tertiary/aromatic N) is 4. The lowest BCUT2D eigenvalue weighted by molar-refractivity contribution is -0.123. The van der Waals surface area contributed by atoms with Gasteiger partial charge in [-0.15, -0.1) is 0 Å². The number of carbonyl (C=O) groups is 2. The maximum Gasteiger partial charge on any atom is 0.322 e. The van der Waals surface area contributed by atoms with Gasteiger partial charge in [-0.1, -0.05) is 29.4 Å². The average molecular weight is 427 g/mol. The average Bonchev–Trinajstić information content (AvgIpc) is 3.40. The summed E-state index contributed by atoms with van der Waals surface area (Å²) < 4.78 is 5.47. The lowest BCUT2D eigenvalue weighted by atomic mass is 9.91. The summed E-state index contributed by atoms with van der Waals surface area (Å²) in [5, 5.41) is 12.1. The first kappa shape index (κ1) is 19.4. The van der Waals surface area contributed by atoms with Gasteiger partial charge in [-0.05, 0) is 42.8 Å². The normalized spacial score (nSPS) is 17.7. The Balaban J connectivity index is 1.42. The fourth-order valence-corrected chi connectivity index (χ4v) is 3.40. The van der Waals surface area contributed by atoms with Crippen LogP contribution in [0.2, 0.25) is 0 Å². The molecule has 1 aliphatic rings. The molecule has 158 valence electrons. The molecule has 0 spiro atoms. The Morgan fingerprint density at radius 1 is 0.969 bits per heavy atom. The molecule has 1 unspecified atom stereocenters. The fraction of sp³-hybridized carbons (Fsp3) is 0.0909. The van der Waals surface area contributed by atoms with Crippen LogP contribution in [0.1, 0.15) is 12.5 Å². The maximum absolute atomic E-state index is 12.2. The first-order valence-corrected chi connectivity index (χ1v) is 9.74. The van der Waals surface area contributed by atoms with Crippen molar-refractivity contribution in [3.05, 3.63) is 72.6 Å². The highest BCUT2D eigenvalue weighted by atomic mass is 16.5. The molecule has 2 aromatic carbocycles. The van der Waals surface area contributed by atoms with Crippen LogP contribution in [-0.4, -0.2) is 32.0 Å². The van der Waals surface area contributed by atoms with Gasteiger partial charge in [0.25, 0.3) is 11.8 Å². The molecule has 5 rings (SSSR count). The minimum atomic E-state index is -1.17. The van der Waals surface area contributed by atoms with Crippen LogP contribution in [-0.2, 0) is 10.3 Å². The number of aromatic nitrogens is 4. The zero-order valence-electron chi connectivity index (χ0n) is 16.9. The van der Waals surface area contributed by atoms with Crippen molar-refractivity contribution >= 4 is 23.6 Å². The summed E-state index contributed by atoms with van der Waals surface area (Å²) >= 11 is 0. The summed E-state index contributed by atoms with van der Waals surface area (Å²) in [4.78, 5) is 36.6. The van der Waals surface area contributed by atoms with E-state index in [0.29, 0.717) is 28.8 Å². The molecular formula is C22H17N7O3. The van der Waals surface area contributed by atoms with Gasteiger partial charge >= 0.3 is 6.03 Å². The van der Waals surface area contributed by atoms with Crippen LogP contribution in [0, 0.1) is 0 Å². The molecule has 10 nitrogen and oxygen atoms in total. The maximum atomic E-state index is 12.2. The zero-order chi connectivity index (χ0) is 22.1. The van der Waals surface area contributed by atoms with Crippen LogP contribution in [0.5, 0.6) is 0 Å². The molecule has 1 atom stereocenters. The Bertz CT molecular complexity index is 1320. The second-order valence-electron chi connectivity index (χ2n) is 7.32. The summed E-state index contributed by atoms with van der Waals surface area (Å²) in [6.45, 7) is 1.64. The molecule has 3 N–H and O–H groups in total. The molecule has 0 saturated carbocycles. The number of imide groups is 1. The third kappa shape index (κ3) is 3.54. The van der Waals surface area contributed by atoms with Crippen molar-refractivity contribution in [2.45, 2.75) is 12.5 Å². The first-order chi connectivity index (χ1) is 15.5. The monoisotopic (exact) mass is 427 g/mol. The van der Waals surface area contributed by atoms with Gasteiger partial charge in [0.1, 0.15) is 5.54 Å². The number of carbonyl (C=O) groups excluding carboxylic acids is 2. The smallest absolute Gasteiger partial charge is 0.322 e. The van der Waals surface area contributed by atoms with Gasteiger partial charge in [-0.3, -0.25) is 10.1 Å². The molecule has 4 aromatic rings. The van der Waals surface area contributed by atoms with Gasteiger partial charge in [-0.25, -0.2) is 14.8 Å². The molecular weight excluding hydrogens is 410 g/mol. The number of rotatable bonds is 5. The number of urea groups is 1. The second kappa shape index (κ2) is 7.58. The van der Waals surface area contributed by atoms with Crippen LogP contribution < -0.4 is 16.0 Å². The molecule has 3 heterocycles. The van der Waals surface area contributed by atoms with Crippen LogP contribution >= 0.6 is 0 Å². The largest absolute Gasteiger partial charge is 0.334 e. The zero-order valence-corrected chi connectivity index (χ0v) is 16.9. The van der Waals surface area contributed by atoms with E-state index in [2.05, 4.69) is 36.1 Å².